The zero-order valence-electron chi connectivity index (χ0n) is 18.8. The minimum absolute atomic E-state index is 0.101. The van der Waals surface area contributed by atoms with E-state index in [2.05, 4.69) is 15.3 Å². The number of fused-ring (bicyclic) bond motifs is 2. The molecule has 10 heteroatoms. The van der Waals surface area contributed by atoms with Crippen molar-refractivity contribution in [3.63, 3.8) is 0 Å². The lowest BCUT2D eigenvalue weighted by molar-refractivity contribution is 0.0700. The average Bonchev–Trinajstić information content (AvgIpc) is 3.16. The molecule has 3 aromatic heterocycles. The maximum absolute atomic E-state index is 13.6. The number of carbonyl (C=O) groups excluding carboxylic acids is 2. The number of likely N-dealkylation sites (tertiary alicyclic amines) is 1. The highest BCUT2D eigenvalue weighted by atomic mass is 35.5. The van der Waals surface area contributed by atoms with E-state index in [0.29, 0.717) is 47.2 Å². The normalized spacial score (nSPS) is 20.6. The Hall–Kier alpha value is -3.43. The van der Waals surface area contributed by atoms with Gasteiger partial charge in [-0.15, -0.1) is 11.3 Å². The first-order valence-corrected chi connectivity index (χ1v) is 12.6. The van der Waals surface area contributed by atoms with Crippen LogP contribution in [0.5, 0.6) is 5.88 Å². The quantitative estimate of drug-likeness (QED) is 0.424. The molecule has 3 atom stereocenters. The molecule has 2 fully saturated rings. The summed E-state index contributed by atoms with van der Waals surface area (Å²) in [5.74, 6) is 1.07. The van der Waals surface area contributed by atoms with Gasteiger partial charge in [0, 0.05) is 24.3 Å². The molecule has 35 heavy (non-hydrogen) atoms. The van der Waals surface area contributed by atoms with Crippen LogP contribution in [0.3, 0.4) is 0 Å². The number of rotatable bonds is 5. The van der Waals surface area contributed by atoms with Crippen molar-refractivity contribution in [3.8, 4) is 16.3 Å². The summed E-state index contributed by atoms with van der Waals surface area (Å²) >= 11 is 7.68. The molecule has 0 spiro atoms. The lowest BCUT2D eigenvalue weighted by Gasteiger charge is -2.27. The van der Waals surface area contributed by atoms with E-state index < -0.39 is 6.09 Å². The van der Waals surface area contributed by atoms with Gasteiger partial charge in [0.05, 0.1) is 22.1 Å². The molecule has 8 nitrogen and oxygen atoms in total. The largest absolute Gasteiger partial charge is 0.414 e. The summed E-state index contributed by atoms with van der Waals surface area (Å²) in [6.07, 6.45) is 3.79. The first kappa shape index (κ1) is 22.1. The van der Waals surface area contributed by atoms with Crippen LogP contribution in [0, 0.1) is 18.8 Å². The molecule has 6 rings (SSSR count). The Morgan fingerprint density at radius 3 is 3.00 bits per heavy atom. The maximum atomic E-state index is 13.6. The number of nitrogens with one attached hydrogen (secondary N) is 1. The number of halogens is 1. The fourth-order valence-electron chi connectivity index (χ4n) is 4.90. The molecule has 178 valence electrons. The van der Waals surface area contributed by atoms with Crippen LogP contribution >= 0.6 is 22.9 Å². The maximum Gasteiger partial charge on any atom is 0.414 e. The third kappa shape index (κ3) is 4.15. The second-order valence-electron chi connectivity index (χ2n) is 8.90. The van der Waals surface area contributed by atoms with Crippen molar-refractivity contribution in [1.29, 1.82) is 0 Å². The molecule has 0 unspecified atom stereocenters. The fraction of sp³-hybridized carbons (Fsp3) is 0.280. The molecule has 2 amide bonds. The van der Waals surface area contributed by atoms with Gasteiger partial charge < -0.3 is 15.0 Å². The molecule has 1 aromatic carbocycles. The van der Waals surface area contributed by atoms with Crippen LogP contribution in [0.25, 0.3) is 16.1 Å². The van der Waals surface area contributed by atoms with Gasteiger partial charge in [-0.3, -0.25) is 9.20 Å². The zero-order valence-corrected chi connectivity index (χ0v) is 20.4. The number of pyridine rings is 1. The minimum atomic E-state index is -0.573. The van der Waals surface area contributed by atoms with Gasteiger partial charge in [-0.1, -0.05) is 29.8 Å². The van der Waals surface area contributed by atoms with Crippen molar-refractivity contribution in [3.05, 3.63) is 70.6 Å². The lowest BCUT2D eigenvalue weighted by atomic mass is 10.1. The van der Waals surface area contributed by atoms with Crippen LogP contribution in [0.1, 0.15) is 21.9 Å². The summed E-state index contributed by atoms with van der Waals surface area (Å²) < 4.78 is 7.17. The van der Waals surface area contributed by atoms with E-state index in [9.17, 15) is 9.59 Å². The standard InChI is InChI=1S/C25H22ClN5O3S/c1-14-29-22(23(35-14)15-5-4-6-17(26)9-15)24(32)31-13-16-10-18(16)19(31)11-28-25(33)34-21-12-27-20-7-2-3-8-30(20)21/h2-9,12,16,18-19H,10-11,13H2,1H3,(H,28,33)/t16-,18-,19+/m0/s1. The van der Waals surface area contributed by atoms with E-state index in [1.54, 1.807) is 10.6 Å². The summed E-state index contributed by atoms with van der Waals surface area (Å²) in [6.45, 7) is 2.88. The van der Waals surface area contributed by atoms with Gasteiger partial charge in [0.1, 0.15) is 11.3 Å². The Kier molecular flexibility index (Phi) is 5.46. The number of ether oxygens (including phenoxy) is 1. The third-order valence-corrected chi connectivity index (χ3v) is 7.88. The summed E-state index contributed by atoms with van der Waals surface area (Å²) in [5.41, 5.74) is 2.01. The topological polar surface area (TPSA) is 88.8 Å². The van der Waals surface area contributed by atoms with E-state index in [-0.39, 0.29) is 11.9 Å². The number of nitrogens with zero attached hydrogens (tertiary/aromatic N) is 4. The van der Waals surface area contributed by atoms with Gasteiger partial charge in [-0.25, -0.2) is 14.8 Å². The molecule has 1 aliphatic heterocycles. The van der Waals surface area contributed by atoms with Crippen molar-refractivity contribution < 1.29 is 14.3 Å². The minimum Gasteiger partial charge on any atom is -0.391 e. The molecule has 4 aromatic rings. The molecule has 2 aliphatic rings. The first-order valence-electron chi connectivity index (χ1n) is 11.4. The number of imidazole rings is 1. The van der Waals surface area contributed by atoms with Crippen LogP contribution < -0.4 is 10.1 Å². The first-order chi connectivity index (χ1) is 17.0. The lowest BCUT2D eigenvalue weighted by Crippen LogP contribution is -2.46. The summed E-state index contributed by atoms with van der Waals surface area (Å²) in [5, 5.41) is 4.28. The highest BCUT2D eigenvalue weighted by Gasteiger charge is 2.54. The monoisotopic (exact) mass is 507 g/mol. The smallest absolute Gasteiger partial charge is 0.391 e. The van der Waals surface area contributed by atoms with Gasteiger partial charge in [-0.05, 0) is 55.0 Å². The number of aromatic nitrogens is 3. The van der Waals surface area contributed by atoms with Gasteiger partial charge in [0.2, 0.25) is 5.88 Å². The van der Waals surface area contributed by atoms with Crippen LogP contribution in [0.15, 0.2) is 54.9 Å². The van der Waals surface area contributed by atoms with Gasteiger partial charge in [-0.2, -0.15) is 0 Å². The Balaban J connectivity index is 1.17. The van der Waals surface area contributed by atoms with E-state index >= 15 is 0 Å². The Morgan fingerprint density at radius 2 is 2.14 bits per heavy atom. The molecular formula is C25H22ClN5O3S. The number of hydrogen-bond acceptors (Lipinski definition) is 6. The highest BCUT2D eigenvalue weighted by Crippen LogP contribution is 2.50. The molecule has 1 aliphatic carbocycles. The predicted octanol–water partition coefficient (Wildman–Crippen LogP) is 4.67. The highest BCUT2D eigenvalue weighted by molar-refractivity contribution is 7.15. The summed E-state index contributed by atoms with van der Waals surface area (Å²) in [4.78, 5) is 37.7. The number of benzene rings is 1. The molecule has 1 saturated carbocycles. The molecule has 1 N–H and O–H groups in total. The Labute approximate surface area is 210 Å². The molecule has 4 heterocycles. The number of amides is 2. The Morgan fingerprint density at radius 1 is 1.26 bits per heavy atom. The molecule has 0 radical (unpaired) electrons. The fourth-order valence-corrected chi connectivity index (χ4v) is 6.00. The van der Waals surface area contributed by atoms with Crippen LogP contribution in [-0.4, -0.2) is 50.4 Å². The van der Waals surface area contributed by atoms with Crippen LogP contribution in [0.2, 0.25) is 5.02 Å². The number of carbonyl (C=O) groups is 2. The second-order valence-corrected chi connectivity index (χ2v) is 10.5. The van der Waals surface area contributed by atoms with Crippen molar-refractivity contribution in [2.45, 2.75) is 19.4 Å². The van der Waals surface area contributed by atoms with E-state index in [1.807, 2.05) is 54.3 Å². The second kappa shape index (κ2) is 8.66. The number of hydrogen-bond donors (Lipinski definition) is 1. The Bertz CT molecular complexity index is 1450. The third-order valence-electron chi connectivity index (χ3n) is 6.62. The van der Waals surface area contributed by atoms with Crippen molar-refractivity contribution in [2.75, 3.05) is 13.1 Å². The van der Waals surface area contributed by atoms with Crippen molar-refractivity contribution in [2.24, 2.45) is 11.8 Å². The zero-order chi connectivity index (χ0) is 24.1. The molecule has 1 saturated heterocycles. The van der Waals surface area contributed by atoms with Gasteiger partial charge in [0.25, 0.3) is 5.91 Å². The number of aryl methyl sites for hydroxylation is 1. The van der Waals surface area contributed by atoms with Crippen LogP contribution in [-0.2, 0) is 0 Å². The van der Waals surface area contributed by atoms with Gasteiger partial charge in [0.15, 0.2) is 0 Å². The summed E-state index contributed by atoms with van der Waals surface area (Å²) in [7, 11) is 0. The van der Waals surface area contributed by atoms with E-state index in [1.165, 1.54) is 17.5 Å². The number of thiazole rings is 1. The summed E-state index contributed by atoms with van der Waals surface area (Å²) in [6, 6.07) is 12.9. The van der Waals surface area contributed by atoms with Crippen molar-refractivity contribution >= 4 is 40.6 Å². The van der Waals surface area contributed by atoms with E-state index in [4.69, 9.17) is 16.3 Å². The average molecular weight is 508 g/mol. The predicted molar refractivity (Wildman–Crippen MR) is 133 cm³/mol. The molecular weight excluding hydrogens is 486 g/mol. The van der Waals surface area contributed by atoms with E-state index in [0.717, 1.165) is 21.9 Å². The number of piperidine rings is 1. The molecule has 0 bridgehead atoms. The van der Waals surface area contributed by atoms with Gasteiger partial charge >= 0.3 is 6.09 Å². The van der Waals surface area contributed by atoms with Crippen LogP contribution in [0.4, 0.5) is 4.79 Å². The van der Waals surface area contributed by atoms with Crippen molar-refractivity contribution in [1.82, 2.24) is 24.6 Å². The SMILES string of the molecule is Cc1nc(C(=O)N2C[C@@H]3C[C@@H]3[C@H]2CNC(=O)Oc2cnc3ccccn23)c(-c2cccc(Cl)c2)s1.